The van der Waals surface area contributed by atoms with Crippen molar-refractivity contribution in [1.29, 1.82) is 0 Å². The van der Waals surface area contributed by atoms with Gasteiger partial charge in [-0.3, -0.25) is 4.98 Å². The first-order chi connectivity index (χ1) is 14.7. The summed E-state index contributed by atoms with van der Waals surface area (Å²) in [6.45, 7) is 0.618. The number of nitrogens with zero attached hydrogens (tertiary/aromatic N) is 3. The zero-order chi connectivity index (χ0) is 20.5. The van der Waals surface area contributed by atoms with Gasteiger partial charge < -0.3 is 10.1 Å². The molecule has 0 amide bonds. The van der Waals surface area contributed by atoms with Crippen molar-refractivity contribution < 1.29 is 4.74 Å². The lowest BCUT2D eigenvalue weighted by Gasteiger charge is -2.14. The molecule has 0 saturated heterocycles. The molecule has 3 heterocycles. The Kier molecular flexibility index (Phi) is 5.27. The van der Waals surface area contributed by atoms with E-state index in [1.807, 2.05) is 36.5 Å². The molecule has 30 heavy (non-hydrogen) atoms. The molecular weight excluding hydrogens is 416 g/mol. The summed E-state index contributed by atoms with van der Waals surface area (Å²) in [5.74, 6) is 2.25. The van der Waals surface area contributed by atoms with Crippen molar-refractivity contribution >= 4 is 39.0 Å². The molecule has 0 atom stereocenters. The Balaban J connectivity index is 1.56. The number of hydrogen-bond donors (Lipinski definition) is 1. The number of methoxy groups -OCH3 is 1. The van der Waals surface area contributed by atoms with Crippen LogP contribution in [0.4, 0.5) is 5.82 Å². The predicted molar refractivity (Wildman–Crippen MR) is 123 cm³/mol. The Hall–Kier alpha value is -2.70. The van der Waals surface area contributed by atoms with Crippen molar-refractivity contribution in [3.8, 4) is 17.1 Å². The van der Waals surface area contributed by atoms with E-state index in [2.05, 4.69) is 10.3 Å². The summed E-state index contributed by atoms with van der Waals surface area (Å²) in [4.78, 5) is 16.5. The molecule has 152 valence electrons. The number of ether oxygens (including phenoxy) is 1. The lowest BCUT2D eigenvalue weighted by atomic mass is 9.97. The second kappa shape index (κ2) is 8.20. The van der Waals surface area contributed by atoms with Crippen LogP contribution in [-0.2, 0) is 19.4 Å². The molecule has 0 spiro atoms. The second-order valence-electron chi connectivity index (χ2n) is 7.35. The van der Waals surface area contributed by atoms with E-state index in [4.69, 9.17) is 26.3 Å². The molecule has 4 aromatic rings. The molecule has 0 unspecified atom stereocenters. The van der Waals surface area contributed by atoms with E-state index in [9.17, 15) is 0 Å². The van der Waals surface area contributed by atoms with Gasteiger partial charge in [0, 0.05) is 29.4 Å². The van der Waals surface area contributed by atoms with Crippen LogP contribution in [0.1, 0.15) is 28.8 Å². The third-order valence-corrected chi connectivity index (χ3v) is 6.89. The van der Waals surface area contributed by atoms with Gasteiger partial charge >= 0.3 is 0 Å². The van der Waals surface area contributed by atoms with E-state index < -0.39 is 0 Å². The standard InChI is InChI=1S/C23H21ClN4OS/c1-29-18-9-8-14(11-17(18)24)12-26-22-20-16-6-2-3-7-19(16)30-23(20)28-21(27-22)15-5-4-10-25-13-15/h4-5,8-11,13H,2-3,6-7,12H2,1H3,(H,26,27,28). The highest BCUT2D eigenvalue weighted by atomic mass is 35.5. The van der Waals surface area contributed by atoms with Crippen LogP contribution in [0.5, 0.6) is 5.75 Å². The van der Waals surface area contributed by atoms with Crippen LogP contribution in [0.25, 0.3) is 21.6 Å². The maximum absolute atomic E-state index is 6.31. The van der Waals surface area contributed by atoms with Crippen LogP contribution in [0.3, 0.4) is 0 Å². The molecule has 1 aliphatic carbocycles. The fourth-order valence-electron chi connectivity index (χ4n) is 3.92. The van der Waals surface area contributed by atoms with Crippen molar-refractivity contribution in [3.63, 3.8) is 0 Å². The van der Waals surface area contributed by atoms with Gasteiger partial charge in [-0.25, -0.2) is 9.97 Å². The summed E-state index contributed by atoms with van der Waals surface area (Å²) >= 11 is 8.11. The highest BCUT2D eigenvalue weighted by molar-refractivity contribution is 7.19. The Labute approximate surface area is 184 Å². The summed E-state index contributed by atoms with van der Waals surface area (Å²) in [6.07, 6.45) is 8.26. The Morgan fingerprint density at radius 3 is 2.87 bits per heavy atom. The number of anilines is 1. The van der Waals surface area contributed by atoms with Gasteiger partial charge in [0.25, 0.3) is 0 Å². The number of benzene rings is 1. The number of aromatic nitrogens is 3. The van der Waals surface area contributed by atoms with E-state index >= 15 is 0 Å². The van der Waals surface area contributed by atoms with Crippen molar-refractivity contribution in [2.24, 2.45) is 0 Å². The first-order valence-electron chi connectivity index (χ1n) is 10.0. The average molecular weight is 437 g/mol. The molecule has 1 aliphatic rings. The minimum absolute atomic E-state index is 0.605. The highest BCUT2D eigenvalue weighted by Gasteiger charge is 2.21. The van der Waals surface area contributed by atoms with Gasteiger partial charge in [-0.05, 0) is 61.1 Å². The lowest BCUT2D eigenvalue weighted by molar-refractivity contribution is 0.415. The Bertz CT molecular complexity index is 1210. The topological polar surface area (TPSA) is 59.9 Å². The molecular formula is C23H21ClN4OS. The summed E-state index contributed by atoms with van der Waals surface area (Å²) < 4.78 is 5.26. The molecule has 1 N–H and O–H groups in total. The third kappa shape index (κ3) is 3.61. The molecule has 0 bridgehead atoms. The molecule has 3 aromatic heterocycles. The number of aryl methyl sites for hydroxylation is 2. The first kappa shape index (κ1) is 19.3. The number of pyridine rings is 1. The van der Waals surface area contributed by atoms with Crippen LogP contribution >= 0.6 is 22.9 Å². The molecule has 5 nitrogen and oxygen atoms in total. The zero-order valence-corrected chi connectivity index (χ0v) is 18.2. The number of nitrogens with one attached hydrogen (secondary N) is 1. The second-order valence-corrected chi connectivity index (χ2v) is 8.84. The smallest absolute Gasteiger partial charge is 0.164 e. The average Bonchev–Trinajstić information content (AvgIpc) is 3.17. The van der Waals surface area contributed by atoms with E-state index in [1.54, 1.807) is 24.6 Å². The quantitative estimate of drug-likeness (QED) is 0.421. The molecule has 0 fully saturated rings. The number of rotatable bonds is 5. The number of halogens is 1. The minimum Gasteiger partial charge on any atom is -0.495 e. The Morgan fingerprint density at radius 1 is 1.17 bits per heavy atom. The van der Waals surface area contributed by atoms with Crippen LogP contribution < -0.4 is 10.1 Å². The molecule has 1 aromatic carbocycles. The fraction of sp³-hybridized carbons (Fsp3) is 0.261. The van der Waals surface area contributed by atoms with Crippen LogP contribution in [0, 0.1) is 0 Å². The number of hydrogen-bond acceptors (Lipinski definition) is 6. The van der Waals surface area contributed by atoms with E-state index in [1.165, 1.54) is 28.7 Å². The van der Waals surface area contributed by atoms with Gasteiger partial charge in [-0.1, -0.05) is 17.7 Å². The van der Waals surface area contributed by atoms with Crippen LogP contribution in [0.2, 0.25) is 5.02 Å². The van der Waals surface area contributed by atoms with Gasteiger partial charge in [-0.2, -0.15) is 0 Å². The normalized spacial score (nSPS) is 13.3. The van der Waals surface area contributed by atoms with Gasteiger partial charge in [0.2, 0.25) is 0 Å². The monoisotopic (exact) mass is 436 g/mol. The molecule has 5 rings (SSSR count). The number of fused-ring (bicyclic) bond motifs is 3. The maximum Gasteiger partial charge on any atom is 0.164 e. The largest absolute Gasteiger partial charge is 0.495 e. The predicted octanol–water partition coefficient (Wildman–Crippen LogP) is 5.91. The molecule has 0 saturated carbocycles. The highest BCUT2D eigenvalue weighted by Crippen LogP contribution is 2.39. The zero-order valence-electron chi connectivity index (χ0n) is 16.6. The van der Waals surface area contributed by atoms with Gasteiger partial charge in [-0.15, -0.1) is 11.3 Å². The summed E-state index contributed by atoms with van der Waals surface area (Å²) in [6, 6.07) is 9.74. The van der Waals surface area contributed by atoms with E-state index in [0.717, 1.165) is 34.6 Å². The SMILES string of the molecule is COc1ccc(CNc2nc(-c3cccnc3)nc3sc4c(c23)CCCC4)cc1Cl. The van der Waals surface area contributed by atoms with Crippen LogP contribution in [-0.4, -0.2) is 22.1 Å². The fourth-order valence-corrected chi connectivity index (χ4v) is 5.46. The third-order valence-electron chi connectivity index (χ3n) is 5.41. The molecule has 0 radical (unpaired) electrons. The van der Waals surface area contributed by atoms with Gasteiger partial charge in [0.15, 0.2) is 5.82 Å². The van der Waals surface area contributed by atoms with Crippen molar-refractivity contribution in [1.82, 2.24) is 15.0 Å². The Morgan fingerprint density at radius 2 is 2.07 bits per heavy atom. The van der Waals surface area contributed by atoms with Gasteiger partial charge in [0.05, 0.1) is 17.5 Å². The summed E-state index contributed by atoms with van der Waals surface area (Å²) in [7, 11) is 1.62. The lowest BCUT2D eigenvalue weighted by Crippen LogP contribution is -2.06. The maximum atomic E-state index is 6.31. The van der Waals surface area contributed by atoms with Gasteiger partial charge in [0.1, 0.15) is 16.4 Å². The van der Waals surface area contributed by atoms with Crippen molar-refractivity contribution in [3.05, 3.63) is 63.8 Å². The van der Waals surface area contributed by atoms with Crippen molar-refractivity contribution in [2.45, 2.75) is 32.2 Å². The van der Waals surface area contributed by atoms with Crippen molar-refractivity contribution in [2.75, 3.05) is 12.4 Å². The van der Waals surface area contributed by atoms with Crippen LogP contribution in [0.15, 0.2) is 42.7 Å². The summed E-state index contributed by atoms with van der Waals surface area (Å²) in [5, 5.41) is 5.32. The number of thiophene rings is 1. The molecule has 7 heteroatoms. The summed E-state index contributed by atoms with van der Waals surface area (Å²) in [5.41, 5.74) is 3.40. The molecule has 0 aliphatic heterocycles. The minimum atomic E-state index is 0.605. The van der Waals surface area contributed by atoms with E-state index in [-0.39, 0.29) is 0 Å². The first-order valence-corrected chi connectivity index (χ1v) is 11.2. The van der Waals surface area contributed by atoms with E-state index in [0.29, 0.717) is 23.1 Å².